The molecule has 0 radical (unpaired) electrons. The minimum atomic E-state index is -1.56. The minimum absolute atomic E-state index is 0.148. The molecule has 7 unspecified atom stereocenters. The number of ether oxygens (including phenoxy) is 2. The maximum atomic E-state index is 13.2. The molecule has 1 aliphatic heterocycles. The average molecular weight is 1300 g/mol. The fraction of sp³-hybridized carbons (Fsp3) is 0.726. The molecule has 1 heterocycles. The van der Waals surface area contributed by atoms with Crippen LogP contribution in [0.3, 0.4) is 0 Å². The Bertz CT molecular complexity index is 1940. The van der Waals surface area contributed by atoms with Crippen LogP contribution in [0, 0.1) is 0 Å². The third-order valence-corrected chi connectivity index (χ3v) is 17.8. The highest BCUT2D eigenvalue weighted by Gasteiger charge is 2.44. The smallest absolute Gasteiger partial charge is 0.220 e. The van der Waals surface area contributed by atoms with Crippen molar-refractivity contribution in [3.63, 3.8) is 0 Å². The lowest BCUT2D eigenvalue weighted by Crippen LogP contribution is -2.60. The van der Waals surface area contributed by atoms with Gasteiger partial charge in [-0.05, 0) is 96.3 Å². The molecule has 1 rings (SSSR count). The van der Waals surface area contributed by atoms with Gasteiger partial charge in [0.15, 0.2) is 6.29 Å². The van der Waals surface area contributed by atoms with E-state index >= 15 is 0 Å². The lowest BCUT2D eigenvalue weighted by molar-refractivity contribution is -0.302. The van der Waals surface area contributed by atoms with Gasteiger partial charge in [-0.1, -0.05) is 366 Å². The van der Waals surface area contributed by atoms with E-state index in [9.17, 15) is 30.3 Å². The van der Waals surface area contributed by atoms with Crippen LogP contribution in [0.2, 0.25) is 0 Å². The van der Waals surface area contributed by atoms with Crippen molar-refractivity contribution in [2.75, 3.05) is 13.2 Å². The number of carbonyl (C=O) groups excluding carboxylic acids is 1. The monoisotopic (exact) mass is 1300 g/mol. The van der Waals surface area contributed by atoms with Crippen molar-refractivity contribution in [3.8, 4) is 0 Å². The molecule has 1 aliphatic rings. The normalized spacial score (nSPS) is 18.4. The second-order valence-electron chi connectivity index (χ2n) is 26.4. The molecule has 1 amide bonds. The Morgan fingerprint density at radius 1 is 0.376 bits per heavy atom. The number of allylic oxidation sites excluding steroid dienone is 22. The van der Waals surface area contributed by atoms with E-state index in [0.29, 0.717) is 12.8 Å². The third-order valence-electron chi connectivity index (χ3n) is 17.8. The maximum absolute atomic E-state index is 13.2. The molecular weight excluding hydrogens is 1150 g/mol. The highest BCUT2D eigenvalue weighted by molar-refractivity contribution is 5.76. The second kappa shape index (κ2) is 71.1. The van der Waals surface area contributed by atoms with Crippen molar-refractivity contribution in [2.45, 2.75) is 378 Å². The van der Waals surface area contributed by atoms with Gasteiger partial charge in [-0.3, -0.25) is 4.79 Å². The number of nitrogens with one attached hydrogen (secondary N) is 1. The van der Waals surface area contributed by atoms with Crippen LogP contribution in [-0.2, 0) is 14.3 Å². The number of rotatable bonds is 67. The largest absolute Gasteiger partial charge is 0.394 e. The van der Waals surface area contributed by atoms with E-state index in [0.717, 1.165) is 122 Å². The van der Waals surface area contributed by atoms with Gasteiger partial charge in [-0.15, -0.1) is 0 Å². The zero-order valence-electron chi connectivity index (χ0n) is 60.0. The Balaban J connectivity index is 2.13. The summed E-state index contributed by atoms with van der Waals surface area (Å²) in [6.07, 6.45) is 101. The predicted octanol–water partition coefficient (Wildman–Crippen LogP) is 22.3. The highest BCUT2D eigenvalue weighted by atomic mass is 16.7. The predicted molar refractivity (Wildman–Crippen MR) is 400 cm³/mol. The quantitative estimate of drug-likeness (QED) is 0.0261. The standard InChI is InChI=1S/C84H145NO8/c1-3-5-7-9-11-13-15-17-19-21-23-25-27-29-31-33-34-35-36-37-38-39-40-41-42-43-44-46-48-50-52-54-56-58-60-62-64-66-68-70-72-74-80(88)85-77(76-92-84-83(91)82(90)81(89)79(75-86)93-84)78(87)73-71-69-67-65-63-61-59-57-55-53-51-49-47-45-32-30-28-26-24-22-20-18-16-14-12-10-8-6-4-2/h5,7,11,13,17,19,23,25,29,31,34-35,37-38,40-41,43-44,48,50,54,56,77-79,81-84,86-87,89-91H,3-4,6,8-10,12,14-16,18,20-22,24,26-28,30,32-33,36,39,42,45-47,49,51-53,55,57-76H2,1-2H3,(H,85,88)/b7-5-,13-11-,19-17-,25-23-,31-29-,35-34-,38-37-,41-40-,44-43-,50-48-,56-54-. The van der Waals surface area contributed by atoms with E-state index in [2.05, 4.69) is 153 Å². The van der Waals surface area contributed by atoms with Crippen LogP contribution in [0.25, 0.3) is 0 Å². The Morgan fingerprint density at radius 3 is 0.989 bits per heavy atom. The lowest BCUT2D eigenvalue weighted by atomic mass is 9.99. The molecule has 7 atom stereocenters. The fourth-order valence-corrected chi connectivity index (χ4v) is 11.8. The van der Waals surface area contributed by atoms with Gasteiger partial charge >= 0.3 is 0 Å². The van der Waals surface area contributed by atoms with Gasteiger partial charge in [-0.25, -0.2) is 0 Å². The molecule has 6 N–H and O–H groups in total. The molecule has 0 aliphatic carbocycles. The van der Waals surface area contributed by atoms with Crippen LogP contribution in [0.1, 0.15) is 335 Å². The molecule has 93 heavy (non-hydrogen) atoms. The molecule has 0 bridgehead atoms. The Morgan fingerprint density at radius 2 is 0.667 bits per heavy atom. The van der Waals surface area contributed by atoms with Crippen LogP contribution in [0.5, 0.6) is 0 Å². The van der Waals surface area contributed by atoms with Crippen molar-refractivity contribution >= 4 is 5.91 Å². The van der Waals surface area contributed by atoms with Crippen LogP contribution in [0.15, 0.2) is 134 Å². The molecule has 0 aromatic rings. The van der Waals surface area contributed by atoms with E-state index < -0.39 is 49.5 Å². The van der Waals surface area contributed by atoms with Crippen LogP contribution in [0.4, 0.5) is 0 Å². The lowest BCUT2D eigenvalue weighted by Gasteiger charge is -2.40. The van der Waals surface area contributed by atoms with Gasteiger partial charge in [0.2, 0.25) is 5.91 Å². The molecule has 9 heteroatoms. The number of carbonyl (C=O) groups is 1. The summed E-state index contributed by atoms with van der Waals surface area (Å²) in [5.74, 6) is -0.156. The van der Waals surface area contributed by atoms with Crippen molar-refractivity contribution in [3.05, 3.63) is 134 Å². The van der Waals surface area contributed by atoms with Gasteiger partial charge in [0, 0.05) is 6.42 Å². The number of amides is 1. The number of hydrogen-bond donors (Lipinski definition) is 6. The van der Waals surface area contributed by atoms with Gasteiger partial charge in [-0.2, -0.15) is 0 Å². The summed E-state index contributed by atoms with van der Waals surface area (Å²) in [4.78, 5) is 13.2. The zero-order valence-corrected chi connectivity index (χ0v) is 60.0. The van der Waals surface area contributed by atoms with Crippen LogP contribution in [-0.4, -0.2) is 87.5 Å². The highest BCUT2D eigenvalue weighted by Crippen LogP contribution is 2.24. The van der Waals surface area contributed by atoms with Gasteiger partial charge in [0.25, 0.3) is 0 Å². The molecule has 0 spiro atoms. The van der Waals surface area contributed by atoms with Crippen molar-refractivity contribution in [2.24, 2.45) is 0 Å². The number of aliphatic hydroxyl groups excluding tert-OH is 5. The topological polar surface area (TPSA) is 149 Å². The maximum Gasteiger partial charge on any atom is 0.220 e. The van der Waals surface area contributed by atoms with E-state index in [4.69, 9.17) is 9.47 Å². The molecule has 0 saturated carbocycles. The first-order valence-corrected chi connectivity index (χ1v) is 38.9. The Kier molecular flexibility index (Phi) is 66.8. The van der Waals surface area contributed by atoms with Gasteiger partial charge in [0.05, 0.1) is 25.4 Å². The van der Waals surface area contributed by atoms with Gasteiger partial charge < -0.3 is 40.3 Å². The molecule has 0 aromatic heterocycles. The fourth-order valence-electron chi connectivity index (χ4n) is 11.8. The van der Waals surface area contributed by atoms with E-state index in [-0.39, 0.29) is 12.5 Å². The van der Waals surface area contributed by atoms with Crippen LogP contribution >= 0.6 is 0 Å². The van der Waals surface area contributed by atoms with E-state index in [1.54, 1.807) is 0 Å². The second-order valence-corrected chi connectivity index (χ2v) is 26.4. The molecular formula is C84H145NO8. The first-order chi connectivity index (χ1) is 45.8. The molecule has 0 aromatic carbocycles. The summed E-state index contributed by atoms with van der Waals surface area (Å²) >= 11 is 0. The Hall–Kier alpha value is -3.67. The number of unbranched alkanes of at least 4 members (excludes halogenated alkanes) is 35. The van der Waals surface area contributed by atoms with Gasteiger partial charge in [0.1, 0.15) is 24.4 Å². The molecule has 9 nitrogen and oxygen atoms in total. The summed E-state index contributed by atoms with van der Waals surface area (Å²) in [6.45, 7) is 3.75. The summed E-state index contributed by atoms with van der Waals surface area (Å²) in [7, 11) is 0. The SMILES string of the molecule is CC/C=C\C/C=C\C/C=C\C/C=C\C/C=C\C/C=C\C/C=C\C/C=C\C/C=C\C/C=C\C/C=C\CCCCCCCCCC(=O)NC(COC1OC(CO)C(O)C(O)C1O)C(O)CCCCCCCCCCCCCCCCCCCCCCCCCCCCCCC. The summed E-state index contributed by atoms with van der Waals surface area (Å²) < 4.78 is 11.4. The first-order valence-electron chi connectivity index (χ1n) is 38.9. The third kappa shape index (κ3) is 59.3. The minimum Gasteiger partial charge on any atom is -0.394 e. The van der Waals surface area contributed by atoms with E-state index in [1.165, 1.54) is 186 Å². The van der Waals surface area contributed by atoms with E-state index in [1.807, 2.05) is 0 Å². The summed E-state index contributed by atoms with van der Waals surface area (Å²) in [5.41, 5.74) is 0. The Labute approximate surface area is 572 Å². The first kappa shape index (κ1) is 87.3. The van der Waals surface area contributed by atoms with Crippen LogP contribution < -0.4 is 5.32 Å². The molecule has 534 valence electrons. The van der Waals surface area contributed by atoms with Crippen molar-refractivity contribution < 1.29 is 39.8 Å². The molecule has 1 saturated heterocycles. The van der Waals surface area contributed by atoms with Crippen molar-refractivity contribution in [1.82, 2.24) is 5.32 Å². The number of hydrogen-bond acceptors (Lipinski definition) is 8. The zero-order chi connectivity index (χ0) is 67.1. The summed E-state index contributed by atoms with van der Waals surface area (Å²) in [5, 5.41) is 55.1. The number of aliphatic hydroxyl groups is 5. The van der Waals surface area contributed by atoms with Crippen molar-refractivity contribution in [1.29, 1.82) is 0 Å². The molecule has 1 fully saturated rings. The summed E-state index contributed by atoms with van der Waals surface area (Å²) in [6, 6.07) is -0.737. The average Bonchev–Trinajstić information content (AvgIpc) is 1.00.